The van der Waals surface area contributed by atoms with Crippen LogP contribution in [0.25, 0.3) is 0 Å². The summed E-state index contributed by atoms with van der Waals surface area (Å²) in [5, 5.41) is 4.91. The molecule has 1 rings (SSSR count). The molecule has 1 aliphatic rings. The van der Waals surface area contributed by atoms with Crippen LogP contribution in [0.1, 0.15) is 99.8 Å². The summed E-state index contributed by atoms with van der Waals surface area (Å²) in [6, 6.07) is -0.605. The number of nitrogens with two attached hydrogens (primary N) is 1. The van der Waals surface area contributed by atoms with E-state index in [4.69, 9.17) is 5.73 Å². The molecule has 0 aromatic rings. The molecule has 0 saturated carbocycles. The van der Waals surface area contributed by atoms with Crippen molar-refractivity contribution in [3.8, 4) is 0 Å². The normalized spacial score (nSPS) is 13.9. The molecular weight excluding hydrogens is 408 g/mol. The van der Waals surface area contributed by atoms with Crippen molar-refractivity contribution in [2.45, 2.75) is 106 Å². The van der Waals surface area contributed by atoms with Gasteiger partial charge in [-0.1, -0.05) is 80.6 Å². The lowest BCUT2D eigenvalue weighted by Gasteiger charge is -2.23. The maximum Gasteiger partial charge on any atom is 0.289 e. The fourth-order valence-corrected chi connectivity index (χ4v) is 2.80. The van der Waals surface area contributed by atoms with Gasteiger partial charge in [0.1, 0.15) is 6.04 Å². The Morgan fingerprint density at radius 2 is 1.41 bits per heavy atom. The lowest BCUT2D eigenvalue weighted by Crippen LogP contribution is -2.49. The van der Waals surface area contributed by atoms with E-state index in [1.54, 1.807) is 0 Å². The van der Waals surface area contributed by atoms with Crippen LogP contribution in [0.2, 0.25) is 0 Å². The first kappa shape index (κ1) is 34.6. The Morgan fingerprint density at radius 3 is 1.88 bits per heavy atom. The summed E-state index contributed by atoms with van der Waals surface area (Å²) in [5.74, 6) is -2.11. The van der Waals surface area contributed by atoms with E-state index < -0.39 is 23.6 Å². The molecule has 0 aliphatic carbocycles. The predicted molar refractivity (Wildman–Crippen MR) is 132 cm³/mol. The van der Waals surface area contributed by atoms with Crippen molar-refractivity contribution in [1.29, 1.82) is 0 Å². The van der Waals surface area contributed by atoms with Crippen molar-refractivity contribution in [2.75, 3.05) is 26.2 Å². The number of rotatable bonds is 11. The molecule has 0 aromatic heterocycles. The van der Waals surface area contributed by atoms with Gasteiger partial charge in [-0.25, -0.2) is 0 Å². The maximum absolute atomic E-state index is 12.0. The van der Waals surface area contributed by atoms with Crippen LogP contribution in [0.5, 0.6) is 0 Å². The van der Waals surface area contributed by atoms with Crippen LogP contribution < -0.4 is 16.4 Å². The quantitative estimate of drug-likeness (QED) is 0.324. The van der Waals surface area contributed by atoms with Gasteiger partial charge in [-0.3, -0.25) is 19.2 Å². The van der Waals surface area contributed by atoms with E-state index in [1.165, 1.54) is 30.6 Å². The number of hydrogen-bond acceptors (Lipinski definition) is 5. The van der Waals surface area contributed by atoms with Crippen molar-refractivity contribution in [3.05, 3.63) is 0 Å². The third-order valence-corrected chi connectivity index (χ3v) is 4.50. The molecule has 0 aromatic carbocycles. The summed E-state index contributed by atoms with van der Waals surface area (Å²) in [6.45, 7) is 14.9. The van der Waals surface area contributed by atoms with Crippen LogP contribution in [0.15, 0.2) is 0 Å². The first-order chi connectivity index (χ1) is 15.4. The molecule has 190 valence electrons. The van der Waals surface area contributed by atoms with E-state index >= 15 is 0 Å². The highest BCUT2D eigenvalue weighted by atomic mass is 16.2. The number of nitrogens with one attached hydrogen (secondary N) is 2. The third-order valence-electron chi connectivity index (χ3n) is 4.50. The van der Waals surface area contributed by atoms with Gasteiger partial charge in [-0.15, -0.1) is 0 Å². The average molecular weight is 459 g/mol. The number of carbonyl (C=O) groups is 4. The Kier molecular flexibility index (Phi) is 27.4. The number of nitrogens with zero attached hydrogens (tertiary/aromatic N) is 1. The molecule has 0 radical (unpaired) electrons. The number of hydrogen-bond donors (Lipinski definition) is 3. The highest BCUT2D eigenvalue weighted by Crippen LogP contribution is 2.17. The maximum atomic E-state index is 12.0. The van der Waals surface area contributed by atoms with Gasteiger partial charge in [0.25, 0.3) is 5.91 Å². The first-order valence-corrected chi connectivity index (χ1v) is 12.5. The van der Waals surface area contributed by atoms with Gasteiger partial charge in [0.15, 0.2) is 0 Å². The van der Waals surface area contributed by atoms with Crippen LogP contribution in [0.3, 0.4) is 0 Å². The molecule has 1 aliphatic heterocycles. The summed E-state index contributed by atoms with van der Waals surface area (Å²) in [7, 11) is 0. The molecule has 0 bridgehead atoms. The van der Waals surface area contributed by atoms with E-state index in [9.17, 15) is 19.2 Å². The Bertz CT molecular complexity index is 494. The lowest BCUT2D eigenvalue weighted by atomic mass is 10.2. The van der Waals surface area contributed by atoms with Gasteiger partial charge in [-0.2, -0.15) is 0 Å². The Labute approximate surface area is 196 Å². The molecule has 0 spiro atoms. The van der Waals surface area contributed by atoms with Crippen LogP contribution in [-0.4, -0.2) is 60.6 Å². The third kappa shape index (κ3) is 16.7. The van der Waals surface area contributed by atoms with Crippen molar-refractivity contribution >= 4 is 23.5 Å². The van der Waals surface area contributed by atoms with Crippen LogP contribution in [-0.2, 0) is 19.2 Å². The van der Waals surface area contributed by atoms with Crippen LogP contribution in [0.4, 0.5) is 0 Å². The second-order valence-electron chi connectivity index (χ2n) is 6.91. The highest BCUT2D eigenvalue weighted by molar-refractivity contribution is 6.37. The van der Waals surface area contributed by atoms with E-state index in [1.807, 2.05) is 34.6 Å². The van der Waals surface area contributed by atoms with Gasteiger partial charge in [0.2, 0.25) is 17.6 Å². The molecule has 1 fully saturated rings. The van der Waals surface area contributed by atoms with Crippen molar-refractivity contribution < 1.29 is 19.2 Å². The molecule has 8 nitrogen and oxygen atoms in total. The Balaban J connectivity index is -0.000000713. The number of ketones is 1. The number of carbonyl (C=O) groups excluding carboxylic acids is 4. The molecule has 32 heavy (non-hydrogen) atoms. The molecule has 4 N–H and O–H groups in total. The molecule has 1 unspecified atom stereocenters. The summed E-state index contributed by atoms with van der Waals surface area (Å²) in [4.78, 5) is 48.1. The van der Waals surface area contributed by atoms with Gasteiger partial charge in [0, 0.05) is 13.1 Å². The zero-order valence-corrected chi connectivity index (χ0v) is 21.7. The number of amides is 3. The molecule has 3 amide bonds. The highest BCUT2D eigenvalue weighted by Gasteiger charge is 2.33. The minimum Gasteiger partial charge on any atom is -0.349 e. The zero-order valence-electron chi connectivity index (χ0n) is 21.7. The lowest BCUT2D eigenvalue weighted by molar-refractivity contribution is -0.140. The molecule has 1 atom stereocenters. The van der Waals surface area contributed by atoms with Crippen molar-refractivity contribution in [3.63, 3.8) is 0 Å². The van der Waals surface area contributed by atoms with E-state index in [0.717, 1.165) is 19.3 Å². The summed E-state index contributed by atoms with van der Waals surface area (Å²) >= 11 is 0. The Hall–Kier alpha value is -1.96. The molecule has 8 heteroatoms. The summed E-state index contributed by atoms with van der Waals surface area (Å²) in [6.07, 6.45) is 8.50. The number of unbranched alkanes of at least 4 members (excludes halogenated alkanes) is 4. The standard InChI is InChI=1S/C14H24N4O4.C6H14.2C2H6/c1-2-3-6-16-14(22)11(19)9-17-13(21)10-5-4-7-18(10)12(20)8-15;1-3-5-6-4-2;2*1-2/h10H,2-9,15H2,1H3,(H,16,22)(H,17,21);3-6H2,1-2H3;2*1-2H3. The summed E-state index contributed by atoms with van der Waals surface area (Å²) < 4.78 is 0. The smallest absolute Gasteiger partial charge is 0.289 e. The second kappa shape index (κ2) is 25.3. The molecular formula is C24H50N4O4. The fraction of sp³-hybridized carbons (Fsp3) is 0.833. The van der Waals surface area contributed by atoms with Crippen LogP contribution in [0, 0.1) is 0 Å². The monoisotopic (exact) mass is 458 g/mol. The van der Waals surface area contributed by atoms with Gasteiger partial charge >= 0.3 is 0 Å². The molecule has 1 saturated heterocycles. The van der Waals surface area contributed by atoms with Crippen LogP contribution >= 0.6 is 0 Å². The number of Topliss-reactive ketones (excluding diaryl/α,β-unsaturated/α-hetero) is 1. The second-order valence-corrected chi connectivity index (χ2v) is 6.91. The average Bonchev–Trinajstić information content (AvgIpc) is 3.33. The minimum absolute atomic E-state index is 0.150. The number of likely N-dealkylation sites (tertiary alicyclic amines) is 1. The molecule has 1 heterocycles. The summed E-state index contributed by atoms with van der Waals surface area (Å²) in [5.41, 5.74) is 5.30. The fourth-order valence-electron chi connectivity index (χ4n) is 2.80. The zero-order chi connectivity index (χ0) is 25.4. The van der Waals surface area contributed by atoms with Crippen molar-refractivity contribution in [1.82, 2.24) is 15.5 Å². The van der Waals surface area contributed by atoms with Gasteiger partial charge in [0.05, 0.1) is 13.1 Å². The van der Waals surface area contributed by atoms with Crippen molar-refractivity contribution in [2.24, 2.45) is 5.73 Å². The largest absolute Gasteiger partial charge is 0.349 e. The topological polar surface area (TPSA) is 122 Å². The predicted octanol–water partition coefficient (Wildman–Crippen LogP) is 3.18. The van der Waals surface area contributed by atoms with E-state index in [2.05, 4.69) is 24.5 Å². The SMILES string of the molecule is CC.CC.CCCCCC.CCCCNC(=O)C(=O)CNC(=O)C1CCCN1C(=O)CN. The van der Waals surface area contributed by atoms with Gasteiger partial charge < -0.3 is 21.3 Å². The Morgan fingerprint density at radius 1 is 0.875 bits per heavy atom. The first-order valence-electron chi connectivity index (χ1n) is 12.5. The van der Waals surface area contributed by atoms with E-state index in [-0.39, 0.29) is 19.0 Å². The van der Waals surface area contributed by atoms with E-state index in [0.29, 0.717) is 19.5 Å². The minimum atomic E-state index is -0.699. The van der Waals surface area contributed by atoms with Gasteiger partial charge in [-0.05, 0) is 19.3 Å².